The van der Waals surface area contributed by atoms with E-state index >= 15 is 0 Å². The van der Waals surface area contributed by atoms with Crippen molar-refractivity contribution in [2.45, 2.75) is 12.8 Å². The Labute approximate surface area is 372 Å². The zero-order valence-electron chi connectivity index (χ0n) is 34.3. The lowest BCUT2D eigenvalue weighted by molar-refractivity contribution is 0.920. The fraction of sp³-hybridized carbons (Fsp3) is 0.0345. The fourth-order valence-electron chi connectivity index (χ4n) is 9.96. The lowest BCUT2D eigenvalue weighted by Crippen LogP contribution is -2.17. The van der Waals surface area contributed by atoms with Crippen molar-refractivity contribution in [2.75, 3.05) is 9.80 Å². The first-order valence-electron chi connectivity index (χ1n) is 21.6. The molecule has 5 heteroatoms. The molecule has 0 saturated carbocycles. The van der Waals surface area contributed by atoms with Gasteiger partial charge in [0.05, 0.1) is 11.2 Å². The summed E-state index contributed by atoms with van der Waals surface area (Å²) in [6.45, 7) is 0. The normalized spacial score (nSPS) is 13.0. The van der Waals surface area contributed by atoms with Crippen molar-refractivity contribution in [1.82, 2.24) is 4.57 Å². The number of allylic oxidation sites excluding steroid dienone is 4. The molecule has 3 aromatic heterocycles. The zero-order chi connectivity index (χ0) is 41.4. The first kappa shape index (κ1) is 36.2. The van der Waals surface area contributed by atoms with Gasteiger partial charge in [-0.2, -0.15) is 0 Å². The van der Waals surface area contributed by atoms with Crippen LogP contribution in [0.15, 0.2) is 218 Å². The molecule has 298 valence electrons. The third-order valence-electron chi connectivity index (χ3n) is 12.8. The molecule has 0 bridgehead atoms. The average molecular weight is 842 g/mol. The van der Waals surface area contributed by atoms with Gasteiger partial charge in [-0.15, -0.1) is 22.7 Å². The van der Waals surface area contributed by atoms with E-state index in [2.05, 4.69) is 227 Å². The number of nitrogens with zero attached hydrogens (tertiary/aromatic N) is 3. The van der Waals surface area contributed by atoms with Crippen molar-refractivity contribution in [3.8, 4) is 5.69 Å². The number of para-hydroxylation sites is 2. The van der Waals surface area contributed by atoms with E-state index < -0.39 is 0 Å². The molecular weight excluding hydrogens is 803 g/mol. The maximum Gasteiger partial charge on any atom is 0.109 e. The number of rotatable bonds is 7. The van der Waals surface area contributed by atoms with Crippen molar-refractivity contribution in [2.24, 2.45) is 0 Å². The van der Waals surface area contributed by atoms with E-state index in [0.717, 1.165) is 35.6 Å². The summed E-state index contributed by atoms with van der Waals surface area (Å²) < 4.78 is 6.37. The van der Waals surface area contributed by atoms with Gasteiger partial charge in [0.15, 0.2) is 0 Å². The molecule has 13 rings (SSSR count). The number of aromatic nitrogens is 1. The van der Waals surface area contributed by atoms with Crippen molar-refractivity contribution in [3.63, 3.8) is 0 Å². The molecule has 0 amide bonds. The first-order chi connectivity index (χ1) is 31.2. The minimum atomic E-state index is 0.971. The summed E-state index contributed by atoms with van der Waals surface area (Å²) in [7, 11) is 0. The first-order valence-corrected chi connectivity index (χ1v) is 23.3. The Kier molecular flexibility index (Phi) is 8.39. The van der Waals surface area contributed by atoms with Gasteiger partial charge in [-0.1, -0.05) is 127 Å². The van der Waals surface area contributed by atoms with Gasteiger partial charge in [0.1, 0.15) is 4.83 Å². The van der Waals surface area contributed by atoms with E-state index in [-0.39, 0.29) is 0 Å². The van der Waals surface area contributed by atoms with Crippen LogP contribution in [0.4, 0.5) is 28.4 Å². The van der Waals surface area contributed by atoms with E-state index in [9.17, 15) is 0 Å². The van der Waals surface area contributed by atoms with Crippen molar-refractivity contribution in [1.29, 1.82) is 0 Å². The summed E-state index contributed by atoms with van der Waals surface area (Å²) in [6, 6.07) is 71.7. The molecule has 0 N–H and O–H groups in total. The standard InChI is InChI=1S/C58H39N3S2/c1-4-17-39(18-5-1)59(44-28-31-49-48-26-14-15-27-54(48)62-56(49)37-44)43-29-32-50-53(36-43)61(41-21-8-3-9-22-41)58-57(50)51-35-42(30-33-55(51)63-58)60(40-19-6-2-7-20-40)52-34-38-16-10-11-23-45(38)46-24-12-13-25-47(46)52/h1-6,8-19,21-37H,7,20H2. The Balaban J connectivity index is 1.04. The number of hydrogen-bond donors (Lipinski definition) is 0. The van der Waals surface area contributed by atoms with Gasteiger partial charge in [0.2, 0.25) is 0 Å². The SMILES string of the molecule is C1=CCCC(N(c2ccc3sc4c(c3c2)c2ccc(N(c3ccccc3)c3ccc5c(c3)sc3ccccc35)cc2n4-c2ccccc2)c2cc3ccccc3c3ccccc23)=C1. The third-order valence-corrected chi connectivity index (χ3v) is 15.1. The Bertz CT molecular complexity index is 3810. The number of anilines is 5. The number of hydrogen-bond acceptors (Lipinski definition) is 4. The van der Waals surface area contributed by atoms with E-state index in [1.807, 2.05) is 22.7 Å². The summed E-state index contributed by atoms with van der Waals surface area (Å²) in [5.41, 5.74) is 9.42. The molecule has 3 heterocycles. The maximum atomic E-state index is 2.53. The second-order valence-corrected chi connectivity index (χ2v) is 18.5. The lowest BCUT2D eigenvalue weighted by Gasteiger charge is -2.30. The second kappa shape index (κ2) is 14.6. The minimum Gasteiger partial charge on any atom is -0.314 e. The third kappa shape index (κ3) is 5.85. The summed E-state index contributed by atoms with van der Waals surface area (Å²) in [6.07, 6.45) is 8.80. The van der Waals surface area contributed by atoms with Gasteiger partial charge >= 0.3 is 0 Å². The molecule has 3 nitrogen and oxygen atoms in total. The Morgan fingerprint density at radius 1 is 0.429 bits per heavy atom. The molecule has 0 spiro atoms. The fourth-order valence-corrected chi connectivity index (χ4v) is 12.3. The van der Waals surface area contributed by atoms with Crippen LogP contribution in [0.3, 0.4) is 0 Å². The van der Waals surface area contributed by atoms with Crippen LogP contribution in [-0.4, -0.2) is 4.57 Å². The van der Waals surface area contributed by atoms with Crippen molar-refractivity contribution >= 4 is 124 Å². The Hall–Kier alpha value is -7.44. The van der Waals surface area contributed by atoms with Crippen LogP contribution in [0.2, 0.25) is 0 Å². The molecule has 0 radical (unpaired) electrons. The predicted molar refractivity (Wildman–Crippen MR) is 274 cm³/mol. The summed E-state index contributed by atoms with van der Waals surface area (Å²) in [5, 5.41) is 11.5. The topological polar surface area (TPSA) is 11.4 Å². The number of benzene rings is 9. The molecule has 9 aromatic carbocycles. The molecule has 0 fully saturated rings. The summed E-state index contributed by atoms with van der Waals surface area (Å²) in [4.78, 5) is 6.19. The molecule has 0 unspecified atom stereocenters. The Morgan fingerprint density at radius 3 is 1.90 bits per heavy atom. The summed E-state index contributed by atoms with van der Waals surface area (Å²) in [5.74, 6) is 0. The summed E-state index contributed by atoms with van der Waals surface area (Å²) >= 11 is 3.74. The molecule has 0 aliphatic heterocycles. The predicted octanol–water partition coefficient (Wildman–Crippen LogP) is 17.5. The largest absolute Gasteiger partial charge is 0.314 e. The monoisotopic (exact) mass is 841 g/mol. The highest BCUT2D eigenvalue weighted by Crippen LogP contribution is 2.48. The van der Waals surface area contributed by atoms with E-state index in [1.165, 1.54) is 90.0 Å². The van der Waals surface area contributed by atoms with Gasteiger partial charge < -0.3 is 14.4 Å². The van der Waals surface area contributed by atoms with Gasteiger partial charge in [-0.05, 0) is 114 Å². The minimum absolute atomic E-state index is 0.971. The highest BCUT2D eigenvalue weighted by molar-refractivity contribution is 7.26. The highest BCUT2D eigenvalue weighted by Gasteiger charge is 2.24. The highest BCUT2D eigenvalue weighted by atomic mass is 32.1. The van der Waals surface area contributed by atoms with Gasteiger partial charge in [0, 0.05) is 80.6 Å². The van der Waals surface area contributed by atoms with Crippen LogP contribution in [0, 0.1) is 0 Å². The molecule has 0 atom stereocenters. The van der Waals surface area contributed by atoms with Gasteiger partial charge in [0.25, 0.3) is 0 Å². The lowest BCUT2D eigenvalue weighted by atomic mass is 9.98. The molecule has 12 aromatic rings. The smallest absolute Gasteiger partial charge is 0.109 e. The van der Waals surface area contributed by atoms with E-state index in [0.29, 0.717) is 0 Å². The van der Waals surface area contributed by atoms with Crippen LogP contribution < -0.4 is 9.80 Å². The maximum absolute atomic E-state index is 2.53. The number of thiophene rings is 2. The van der Waals surface area contributed by atoms with Crippen LogP contribution in [0.5, 0.6) is 0 Å². The number of fused-ring (bicyclic) bond motifs is 11. The van der Waals surface area contributed by atoms with Crippen LogP contribution in [-0.2, 0) is 0 Å². The van der Waals surface area contributed by atoms with Crippen molar-refractivity contribution in [3.05, 3.63) is 218 Å². The van der Waals surface area contributed by atoms with E-state index in [1.54, 1.807) is 0 Å². The zero-order valence-corrected chi connectivity index (χ0v) is 35.9. The average Bonchev–Trinajstić information content (AvgIpc) is 4.01. The Morgan fingerprint density at radius 2 is 1.08 bits per heavy atom. The van der Waals surface area contributed by atoms with Crippen molar-refractivity contribution < 1.29 is 0 Å². The van der Waals surface area contributed by atoms with E-state index in [4.69, 9.17) is 0 Å². The molecule has 1 aliphatic rings. The molecular formula is C58H39N3S2. The van der Waals surface area contributed by atoms with Gasteiger partial charge in [-0.3, -0.25) is 0 Å². The quantitative estimate of drug-likeness (QED) is 0.148. The van der Waals surface area contributed by atoms with Crippen LogP contribution >= 0.6 is 22.7 Å². The van der Waals surface area contributed by atoms with Crippen LogP contribution in [0.1, 0.15) is 12.8 Å². The molecule has 0 saturated heterocycles. The molecule has 63 heavy (non-hydrogen) atoms. The van der Waals surface area contributed by atoms with Crippen LogP contribution in [0.25, 0.3) is 78.6 Å². The van der Waals surface area contributed by atoms with Gasteiger partial charge in [-0.25, -0.2) is 0 Å². The second-order valence-electron chi connectivity index (χ2n) is 16.4. The molecule has 1 aliphatic carbocycles.